The van der Waals surface area contributed by atoms with Gasteiger partial charge < -0.3 is 10.6 Å². The number of aromatic amines is 1. The van der Waals surface area contributed by atoms with Crippen LogP contribution in [0, 0.1) is 6.92 Å². The number of rotatable bonds is 6. The average molecular weight is 236 g/mol. The summed E-state index contributed by atoms with van der Waals surface area (Å²) in [5.74, 6) is 0. The summed E-state index contributed by atoms with van der Waals surface area (Å²) in [7, 11) is 0. The Morgan fingerprint density at radius 2 is 2.41 bits per heavy atom. The fourth-order valence-electron chi connectivity index (χ4n) is 2.41. The Labute approximate surface area is 104 Å². The molecule has 17 heavy (non-hydrogen) atoms. The van der Waals surface area contributed by atoms with Crippen LogP contribution in [0.3, 0.4) is 0 Å². The van der Waals surface area contributed by atoms with Gasteiger partial charge in [-0.15, -0.1) is 0 Å². The Hall–Kier alpha value is -0.870. The SMILES string of the molecule is Cc1[nH]ncc1CCCNCC1CCCCN1. The third-order valence-corrected chi connectivity index (χ3v) is 3.54. The van der Waals surface area contributed by atoms with E-state index >= 15 is 0 Å². The van der Waals surface area contributed by atoms with Crippen LogP contribution in [-0.4, -0.2) is 35.9 Å². The van der Waals surface area contributed by atoms with Gasteiger partial charge in [-0.3, -0.25) is 5.10 Å². The number of hydrogen-bond acceptors (Lipinski definition) is 3. The topological polar surface area (TPSA) is 52.7 Å². The van der Waals surface area contributed by atoms with Crippen LogP contribution in [0.25, 0.3) is 0 Å². The summed E-state index contributed by atoms with van der Waals surface area (Å²) in [5.41, 5.74) is 2.56. The molecule has 1 fully saturated rings. The summed E-state index contributed by atoms with van der Waals surface area (Å²) in [6.45, 7) is 5.50. The molecule has 0 bridgehead atoms. The molecule has 0 aromatic carbocycles. The molecule has 1 aliphatic heterocycles. The van der Waals surface area contributed by atoms with Crippen molar-refractivity contribution in [2.24, 2.45) is 0 Å². The van der Waals surface area contributed by atoms with Crippen molar-refractivity contribution in [1.29, 1.82) is 0 Å². The van der Waals surface area contributed by atoms with Crippen LogP contribution in [-0.2, 0) is 6.42 Å². The van der Waals surface area contributed by atoms with E-state index in [2.05, 4.69) is 27.8 Å². The molecular weight excluding hydrogens is 212 g/mol. The highest BCUT2D eigenvalue weighted by molar-refractivity contribution is 5.14. The standard InChI is InChI=1S/C13H24N4/c1-11-12(9-16-17-11)5-4-7-14-10-13-6-2-3-8-15-13/h9,13-15H,2-8,10H2,1H3,(H,16,17). The third kappa shape index (κ3) is 4.13. The molecule has 0 radical (unpaired) electrons. The first kappa shape index (κ1) is 12.6. The molecule has 2 rings (SSSR count). The number of aryl methyl sites for hydroxylation is 2. The van der Waals surface area contributed by atoms with Crippen molar-refractivity contribution in [3.05, 3.63) is 17.5 Å². The third-order valence-electron chi connectivity index (χ3n) is 3.54. The van der Waals surface area contributed by atoms with Gasteiger partial charge in [-0.1, -0.05) is 6.42 Å². The van der Waals surface area contributed by atoms with Crippen LogP contribution >= 0.6 is 0 Å². The van der Waals surface area contributed by atoms with Gasteiger partial charge in [0.1, 0.15) is 0 Å². The lowest BCUT2D eigenvalue weighted by molar-refractivity contribution is 0.383. The van der Waals surface area contributed by atoms with E-state index < -0.39 is 0 Å². The van der Waals surface area contributed by atoms with Gasteiger partial charge in [-0.2, -0.15) is 5.10 Å². The van der Waals surface area contributed by atoms with Gasteiger partial charge in [0.2, 0.25) is 0 Å². The lowest BCUT2D eigenvalue weighted by Gasteiger charge is -2.23. The molecule has 0 amide bonds. The van der Waals surface area contributed by atoms with Gasteiger partial charge in [0.15, 0.2) is 0 Å². The molecule has 0 aliphatic carbocycles. The summed E-state index contributed by atoms with van der Waals surface area (Å²) in [4.78, 5) is 0. The quantitative estimate of drug-likeness (QED) is 0.654. The van der Waals surface area contributed by atoms with Gasteiger partial charge in [0.05, 0.1) is 6.20 Å². The predicted octanol–water partition coefficient (Wildman–Crippen LogP) is 1.38. The van der Waals surface area contributed by atoms with E-state index in [-0.39, 0.29) is 0 Å². The second-order valence-corrected chi connectivity index (χ2v) is 4.97. The van der Waals surface area contributed by atoms with Crippen molar-refractivity contribution >= 4 is 0 Å². The van der Waals surface area contributed by atoms with Crippen molar-refractivity contribution in [1.82, 2.24) is 20.8 Å². The van der Waals surface area contributed by atoms with Gasteiger partial charge in [0.25, 0.3) is 0 Å². The average Bonchev–Trinajstić information content (AvgIpc) is 2.76. The molecule has 3 N–H and O–H groups in total. The normalized spacial score (nSPS) is 20.6. The van der Waals surface area contributed by atoms with Gasteiger partial charge in [0, 0.05) is 18.3 Å². The number of piperidine rings is 1. The molecule has 1 atom stereocenters. The van der Waals surface area contributed by atoms with Crippen molar-refractivity contribution in [3.8, 4) is 0 Å². The van der Waals surface area contributed by atoms with Crippen molar-refractivity contribution in [2.45, 2.75) is 45.1 Å². The highest BCUT2D eigenvalue weighted by atomic mass is 15.1. The first-order valence-corrected chi connectivity index (χ1v) is 6.79. The van der Waals surface area contributed by atoms with Crippen molar-refractivity contribution < 1.29 is 0 Å². The second-order valence-electron chi connectivity index (χ2n) is 4.97. The lowest BCUT2D eigenvalue weighted by atomic mass is 10.1. The molecule has 2 heterocycles. The van der Waals surface area contributed by atoms with Crippen LogP contribution in [0.15, 0.2) is 6.20 Å². The Morgan fingerprint density at radius 1 is 1.47 bits per heavy atom. The molecule has 1 aromatic heterocycles. The molecule has 96 valence electrons. The van der Waals surface area contributed by atoms with E-state index in [0.29, 0.717) is 6.04 Å². The van der Waals surface area contributed by atoms with Crippen LogP contribution < -0.4 is 10.6 Å². The van der Waals surface area contributed by atoms with Crippen LogP contribution in [0.4, 0.5) is 0 Å². The number of hydrogen-bond donors (Lipinski definition) is 3. The Balaban J connectivity index is 1.53. The van der Waals surface area contributed by atoms with Crippen LogP contribution in [0.5, 0.6) is 0 Å². The molecular formula is C13H24N4. The van der Waals surface area contributed by atoms with E-state index in [0.717, 1.165) is 19.5 Å². The van der Waals surface area contributed by atoms with Crippen LogP contribution in [0.1, 0.15) is 36.9 Å². The molecule has 0 saturated carbocycles. The molecule has 1 unspecified atom stereocenters. The number of H-pyrrole nitrogens is 1. The van der Waals surface area contributed by atoms with Crippen molar-refractivity contribution in [3.63, 3.8) is 0 Å². The maximum atomic E-state index is 4.04. The molecule has 4 heteroatoms. The van der Waals surface area contributed by atoms with Gasteiger partial charge in [-0.05, 0) is 51.3 Å². The first-order valence-electron chi connectivity index (χ1n) is 6.79. The largest absolute Gasteiger partial charge is 0.315 e. The summed E-state index contributed by atoms with van der Waals surface area (Å²) >= 11 is 0. The number of aromatic nitrogens is 2. The molecule has 0 spiro atoms. The fraction of sp³-hybridized carbons (Fsp3) is 0.769. The number of nitrogens with zero attached hydrogens (tertiary/aromatic N) is 1. The van der Waals surface area contributed by atoms with E-state index in [1.807, 2.05) is 6.20 Å². The zero-order valence-corrected chi connectivity index (χ0v) is 10.8. The Kier molecular flexibility index (Phi) is 5.01. The smallest absolute Gasteiger partial charge is 0.0522 e. The highest BCUT2D eigenvalue weighted by Gasteiger charge is 2.11. The Morgan fingerprint density at radius 3 is 3.12 bits per heavy atom. The fourth-order valence-corrected chi connectivity index (χ4v) is 2.41. The summed E-state index contributed by atoms with van der Waals surface area (Å²) in [6, 6.07) is 0.694. The zero-order valence-electron chi connectivity index (χ0n) is 10.8. The van der Waals surface area contributed by atoms with E-state index in [9.17, 15) is 0 Å². The minimum Gasteiger partial charge on any atom is -0.315 e. The molecule has 1 saturated heterocycles. The minimum absolute atomic E-state index is 0.694. The summed E-state index contributed by atoms with van der Waals surface area (Å²) in [6.07, 6.45) is 8.30. The maximum Gasteiger partial charge on any atom is 0.0522 e. The monoisotopic (exact) mass is 236 g/mol. The van der Waals surface area contributed by atoms with Gasteiger partial charge >= 0.3 is 0 Å². The molecule has 4 nitrogen and oxygen atoms in total. The lowest BCUT2D eigenvalue weighted by Crippen LogP contribution is -2.41. The van der Waals surface area contributed by atoms with E-state index in [1.54, 1.807) is 0 Å². The summed E-state index contributed by atoms with van der Waals surface area (Å²) < 4.78 is 0. The Bertz CT molecular complexity index is 315. The van der Waals surface area contributed by atoms with E-state index in [4.69, 9.17) is 0 Å². The summed E-state index contributed by atoms with van der Waals surface area (Å²) in [5, 5.41) is 14.1. The molecule has 1 aromatic rings. The number of nitrogens with one attached hydrogen (secondary N) is 3. The highest BCUT2D eigenvalue weighted by Crippen LogP contribution is 2.06. The van der Waals surface area contributed by atoms with Gasteiger partial charge in [-0.25, -0.2) is 0 Å². The maximum absolute atomic E-state index is 4.04. The minimum atomic E-state index is 0.694. The van der Waals surface area contributed by atoms with E-state index in [1.165, 1.54) is 43.5 Å². The first-order chi connectivity index (χ1) is 8.36. The molecule has 1 aliphatic rings. The predicted molar refractivity (Wildman–Crippen MR) is 70.2 cm³/mol. The van der Waals surface area contributed by atoms with Crippen molar-refractivity contribution in [2.75, 3.05) is 19.6 Å². The zero-order chi connectivity index (χ0) is 11.9. The second kappa shape index (κ2) is 6.77. The van der Waals surface area contributed by atoms with Crippen LogP contribution in [0.2, 0.25) is 0 Å².